The molecule has 0 radical (unpaired) electrons. The number of anilines is 1. The first kappa shape index (κ1) is 26.3. The van der Waals surface area contributed by atoms with Crippen molar-refractivity contribution < 1.29 is 27.4 Å². The fourth-order valence-corrected chi connectivity index (χ4v) is 5.12. The number of sulfonamides is 1. The van der Waals surface area contributed by atoms with E-state index in [9.17, 15) is 13.2 Å². The summed E-state index contributed by atoms with van der Waals surface area (Å²) in [5, 5.41) is 4.55. The average Bonchev–Trinajstić information content (AvgIpc) is 2.91. The van der Waals surface area contributed by atoms with Gasteiger partial charge in [0.1, 0.15) is 25.5 Å². The number of carbonyl (C=O) groups is 1. The van der Waals surface area contributed by atoms with Crippen LogP contribution in [0.3, 0.4) is 0 Å². The predicted molar refractivity (Wildman–Crippen MR) is 141 cm³/mol. The van der Waals surface area contributed by atoms with Crippen molar-refractivity contribution in [3.05, 3.63) is 77.3 Å². The Kier molecular flexibility index (Phi) is 8.20. The number of fused-ring (bicyclic) bond motifs is 1. The number of benzene rings is 3. The van der Waals surface area contributed by atoms with E-state index in [0.717, 1.165) is 9.87 Å². The number of halogens is 1. The van der Waals surface area contributed by atoms with E-state index in [1.165, 1.54) is 24.3 Å². The average molecular weight is 544 g/mol. The Morgan fingerprint density at radius 2 is 1.70 bits per heavy atom. The fraction of sp³-hybridized carbons (Fsp3) is 0.231. The van der Waals surface area contributed by atoms with Gasteiger partial charge in [-0.15, -0.1) is 0 Å². The number of hydrazone groups is 1. The van der Waals surface area contributed by atoms with Crippen LogP contribution in [0.15, 0.2) is 76.7 Å². The van der Waals surface area contributed by atoms with Crippen molar-refractivity contribution in [1.29, 1.82) is 0 Å². The van der Waals surface area contributed by atoms with Crippen LogP contribution in [0.5, 0.6) is 17.2 Å². The zero-order valence-electron chi connectivity index (χ0n) is 20.3. The van der Waals surface area contributed by atoms with E-state index < -0.39 is 22.5 Å². The molecule has 9 nitrogen and oxygen atoms in total. The minimum absolute atomic E-state index is 0.00505. The lowest BCUT2D eigenvalue weighted by molar-refractivity contribution is -0.119. The molecule has 0 unspecified atom stereocenters. The second-order valence-electron chi connectivity index (χ2n) is 7.98. The van der Waals surface area contributed by atoms with Crippen molar-refractivity contribution in [1.82, 2.24) is 5.43 Å². The van der Waals surface area contributed by atoms with Crippen LogP contribution in [0.25, 0.3) is 0 Å². The summed E-state index contributed by atoms with van der Waals surface area (Å²) in [6.45, 7) is 4.47. The molecule has 0 bridgehead atoms. The SMILES string of the molecule is CCOc1ccc(N(CC(=O)N/N=C(/C)c2ccc3c(c2)OCCO3)S(=O)(=O)c2ccc(Cl)cc2)cc1. The molecule has 1 amide bonds. The van der Waals surface area contributed by atoms with E-state index in [-0.39, 0.29) is 4.90 Å². The Morgan fingerprint density at radius 1 is 1.03 bits per heavy atom. The van der Waals surface area contributed by atoms with Crippen LogP contribution in [-0.4, -0.2) is 46.4 Å². The Balaban J connectivity index is 1.56. The standard InChI is InChI=1S/C26H26ClN3O6S/c1-3-34-22-9-7-21(8-10-22)30(37(32,33)23-11-5-20(27)6-12-23)17-26(31)29-28-18(2)19-4-13-24-25(16-19)36-15-14-35-24/h4-13,16H,3,14-15,17H2,1-2H3,(H,29,31)/b28-18-. The summed E-state index contributed by atoms with van der Waals surface area (Å²) in [5.74, 6) is 1.20. The minimum Gasteiger partial charge on any atom is -0.494 e. The topological polar surface area (TPSA) is 107 Å². The predicted octanol–water partition coefficient (Wildman–Crippen LogP) is 4.25. The number of nitrogens with zero attached hydrogens (tertiary/aromatic N) is 2. The molecule has 0 saturated heterocycles. The van der Waals surface area contributed by atoms with Crippen molar-refractivity contribution >= 4 is 38.9 Å². The third-order valence-electron chi connectivity index (χ3n) is 5.43. The molecule has 194 valence electrons. The number of rotatable bonds is 9. The molecule has 0 aromatic heterocycles. The van der Waals surface area contributed by atoms with Crippen molar-refractivity contribution in [2.75, 3.05) is 30.7 Å². The number of amides is 1. The molecule has 0 fully saturated rings. The van der Waals surface area contributed by atoms with E-state index in [0.29, 0.717) is 53.5 Å². The fourth-order valence-electron chi connectivity index (χ4n) is 3.57. The lowest BCUT2D eigenvalue weighted by atomic mass is 10.1. The highest BCUT2D eigenvalue weighted by atomic mass is 35.5. The van der Waals surface area contributed by atoms with Gasteiger partial charge < -0.3 is 14.2 Å². The van der Waals surface area contributed by atoms with Gasteiger partial charge >= 0.3 is 0 Å². The van der Waals surface area contributed by atoms with Crippen molar-refractivity contribution in [2.45, 2.75) is 18.7 Å². The van der Waals surface area contributed by atoms with E-state index in [4.69, 9.17) is 25.8 Å². The zero-order valence-corrected chi connectivity index (χ0v) is 21.9. The largest absolute Gasteiger partial charge is 0.494 e. The van der Waals surface area contributed by atoms with Crippen LogP contribution < -0.4 is 23.9 Å². The van der Waals surface area contributed by atoms with Gasteiger partial charge in [0, 0.05) is 10.6 Å². The van der Waals surface area contributed by atoms with Crippen LogP contribution in [0.4, 0.5) is 5.69 Å². The van der Waals surface area contributed by atoms with Crippen LogP contribution in [-0.2, 0) is 14.8 Å². The highest BCUT2D eigenvalue weighted by molar-refractivity contribution is 7.92. The van der Waals surface area contributed by atoms with Crippen molar-refractivity contribution in [3.63, 3.8) is 0 Å². The number of nitrogens with one attached hydrogen (secondary N) is 1. The van der Waals surface area contributed by atoms with Crippen molar-refractivity contribution in [3.8, 4) is 17.2 Å². The molecular weight excluding hydrogens is 518 g/mol. The third-order valence-corrected chi connectivity index (χ3v) is 7.47. The first-order chi connectivity index (χ1) is 17.8. The van der Waals surface area contributed by atoms with Crippen LogP contribution in [0.2, 0.25) is 5.02 Å². The molecular formula is C26H26ClN3O6S. The molecule has 3 aromatic rings. The van der Waals surface area contributed by atoms with Crippen LogP contribution in [0, 0.1) is 0 Å². The molecule has 1 N–H and O–H groups in total. The van der Waals surface area contributed by atoms with E-state index in [1.54, 1.807) is 49.4 Å². The number of hydrogen-bond acceptors (Lipinski definition) is 7. The summed E-state index contributed by atoms with van der Waals surface area (Å²) in [6, 6.07) is 17.5. The maximum Gasteiger partial charge on any atom is 0.264 e. The molecule has 1 heterocycles. The molecule has 3 aromatic carbocycles. The summed E-state index contributed by atoms with van der Waals surface area (Å²) in [4.78, 5) is 12.9. The Labute approximate surface area is 220 Å². The quantitative estimate of drug-likeness (QED) is 0.319. The van der Waals surface area contributed by atoms with E-state index >= 15 is 0 Å². The number of ether oxygens (including phenoxy) is 3. The lowest BCUT2D eigenvalue weighted by Crippen LogP contribution is -2.39. The summed E-state index contributed by atoms with van der Waals surface area (Å²) < 4.78 is 44.6. The lowest BCUT2D eigenvalue weighted by Gasteiger charge is -2.24. The molecule has 1 aliphatic heterocycles. The van der Waals surface area contributed by atoms with Gasteiger partial charge in [0.25, 0.3) is 15.9 Å². The minimum atomic E-state index is -4.10. The summed E-state index contributed by atoms with van der Waals surface area (Å²) in [6.07, 6.45) is 0. The second kappa shape index (κ2) is 11.5. The van der Waals surface area contributed by atoms with Crippen LogP contribution in [0.1, 0.15) is 19.4 Å². The molecule has 0 atom stereocenters. The number of carbonyl (C=O) groups excluding carboxylic acids is 1. The molecule has 11 heteroatoms. The Hall–Kier alpha value is -3.76. The van der Waals surface area contributed by atoms with Gasteiger partial charge in [-0.25, -0.2) is 13.8 Å². The van der Waals surface area contributed by atoms with Gasteiger partial charge in [-0.1, -0.05) is 11.6 Å². The molecule has 4 rings (SSSR count). The smallest absolute Gasteiger partial charge is 0.264 e. The highest BCUT2D eigenvalue weighted by Gasteiger charge is 2.27. The second-order valence-corrected chi connectivity index (χ2v) is 10.3. The summed E-state index contributed by atoms with van der Waals surface area (Å²) in [7, 11) is -4.10. The maximum atomic E-state index is 13.5. The summed E-state index contributed by atoms with van der Waals surface area (Å²) in [5.41, 5.74) is 3.98. The molecule has 1 aliphatic rings. The van der Waals surface area contributed by atoms with Gasteiger partial charge in [-0.2, -0.15) is 5.10 Å². The molecule has 0 saturated carbocycles. The van der Waals surface area contributed by atoms with Crippen molar-refractivity contribution in [2.24, 2.45) is 5.10 Å². The highest BCUT2D eigenvalue weighted by Crippen LogP contribution is 2.31. The molecule has 0 aliphatic carbocycles. The Bertz CT molecular complexity index is 1390. The maximum absolute atomic E-state index is 13.5. The first-order valence-electron chi connectivity index (χ1n) is 11.5. The normalized spacial score (nSPS) is 13.1. The third kappa shape index (κ3) is 6.33. The number of hydrogen-bond donors (Lipinski definition) is 1. The van der Waals surface area contributed by atoms with Crippen LogP contribution >= 0.6 is 11.6 Å². The first-order valence-corrected chi connectivity index (χ1v) is 13.3. The Morgan fingerprint density at radius 3 is 2.38 bits per heavy atom. The summed E-state index contributed by atoms with van der Waals surface area (Å²) >= 11 is 5.93. The molecule has 0 spiro atoms. The van der Waals surface area contributed by atoms with Gasteiger partial charge in [0.15, 0.2) is 11.5 Å². The van der Waals surface area contributed by atoms with Gasteiger partial charge in [-0.3, -0.25) is 9.10 Å². The monoisotopic (exact) mass is 543 g/mol. The van der Waals surface area contributed by atoms with E-state index in [1.807, 2.05) is 6.92 Å². The zero-order chi connectivity index (χ0) is 26.4. The van der Waals surface area contributed by atoms with Gasteiger partial charge in [0.05, 0.1) is 22.9 Å². The van der Waals surface area contributed by atoms with Gasteiger partial charge in [-0.05, 0) is 80.6 Å². The molecule has 37 heavy (non-hydrogen) atoms. The van der Waals surface area contributed by atoms with E-state index in [2.05, 4.69) is 10.5 Å². The van der Waals surface area contributed by atoms with Gasteiger partial charge in [0.2, 0.25) is 0 Å².